The summed E-state index contributed by atoms with van der Waals surface area (Å²) < 4.78 is 17.8. The molecule has 2 heterocycles. The molecule has 5 nitrogen and oxygen atoms in total. The van der Waals surface area contributed by atoms with Crippen molar-refractivity contribution in [2.45, 2.75) is 36.2 Å². The van der Waals surface area contributed by atoms with Gasteiger partial charge in [0.15, 0.2) is 5.17 Å². The molecule has 0 bridgehead atoms. The van der Waals surface area contributed by atoms with Crippen LogP contribution in [0.2, 0.25) is 0 Å². The van der Waals surface area contributed by atoms with Crippen LogP contribution < -0.4 is 5.32 Å². The van der Waals surface area contributed by atoms with Gasteiger partial charge in [0.1, 0.15) is 17.6 Å². The van der Waals surface area contributed by atoms with Gasteiger partial charge >= 0.3 is 0 Å². The first-order valence-corrected chi connectivity index (χ1v) is 6.03. The zero-order valence-electron chi connectivity index (χ0n) is 8.84. The Balaban J connectivity index is 2.09. The van der Waals surface area contributed by atoms with Gasteiger partial charge in [0.2, 0.25) is 0 Å². The van der Waals surface area contributed by atoms with Crippen LogP contribution in [0, 0.1) is 0 Å². The molecular formula is C9H15FN2O3S. The lowest BCUT2D eigenvalue weighted by molar-refractivity contribution is -0.158. The third-order valence-electron chi connectivity index (χ3n) is 2.82. The molecule has 0 aromatic heterocycles. The summed E-state index contributed by atoms with van der Waals surface area (Å²) in [4.78, 5) is 3.96. The maximum Gasteiger partial charge on any atom is 0.159 e. The predicted octanol–water partition coefficient (Wildman–Crippen LogP) is -0.517. The molecule has 92 valence electrons. The van der Waals surface area contributed by atoms with Crippen molar-refractivity contribution in [3.63, 3.8) is 0 Å². The quantitative estimate of drug-likeness (QED) is 0.615. The van der Waals surface area contributed by atoms with Crippen LogP contribution in [-0.4, -0.2) is 58.9 Å². The first-order valence-electron chi connectivity index (χ1n) is 5.15. The molecule has 2 rings (SSSR count). The lowest BCUT2D eigenvalue weighted by atomic mass is 9.96. The molecule has 0 spiro atoms. The number of amidine groups is 1. The number of ether oxygens (including phenoxy) is 1. The van der Waals surface area contributed by atoms with E-state index in [-0.39, 0.29) is 17.9 Å². The first-order chi connectivity index (χ1) is 7.67. The second kappa shape index (κ2) is 4.87. The minimum atomic E-state index is -1.05. The van der Waals surface area contributed by atoms with Gasteiger partial charge in [-0.2, -0.15) is 0 Å². The van der Waals surface area contributed by atoms with E-state index in [1.165, 1.54) is 11.8 Å². The number of thioether (sulfide) groups is 1. The number of aliphatic imine (C=N–C) groups is 1. The normalized spacial score (nSPS) is 45.5. The molecule has 0 aliphatic carbocycles. The maximum atomic E-state index is 12.2. The van der Waals surface area contributed by atoms with E-state index < -0.39 is 25.0 Å². The van der Waals surface area contributed by atoms with Gasteiger partial charge in [0, 0.05) is 13.5 Å². The summed E-state index contributed by atoms with van der Waals surface area (Å²) >= 11 is 1.35. The molecule has 16 heavy (non-hydrogen) atoms. The fourth-order valence-electron chi connectivity index (χ4n) is 1.94. The predicted molar refractivity (Wildman–Crippen MR) is 59.1 cm³/mol. The van der Waals surface area contributed by atoms with E-state index >= 15 is 0 Å². The lowest BCUT2D eigenvalue weighted by Crippen LogP contribution is -2.58. The summed E-state index contributed by atoms with van der Waals surface area (Å²) in [5, 5.41) is 23.3. The summed E-state index contributed by atoms with van der Waals surface area (Å²) in [6, 6.07) is -0.380. The summed E-state index contributed by atoms with van der Waals surface area (Å²) in [5.41, 5.74) is -0.311. The van der Waals surface area contributed by atoms with Crippen LogP contribution in [0.3, 0.4) is 0 Å². The minimum Gasteiger partial charge on any atom is -0.388 e. The van der Waals surface area contributed by atoms with Gasteiger partial charge in [0.05, 0.1) is 18.8 Å². The average Bonchev–Trinajstić information content (AvgIpc) is 2.69. The number of aliphatic hydroxyl groups is 2. The van der Waals surface area contributed by atoms with E-state index in [4.69, 9.17) is 4.74 Å². The third kappa shape index (κ3) is 2.04. The van der Waals surface area contributed by atoms with Crippen molar-refractivity contribution >= 4 is 16.9 Å². The number of fused-ring (bicyclic) bond motifs is 1. The zero-order valence-corrected chi connectivity index (χ0v) is 9.65. The molecule has 7 heteroatoms. The van der Waals surface area contributed by atoms with Crippen molar-refractivity contribution in [2.75, 3.05) is 13.7 Å². The summed E-state index contributed by atoms with van der Waals surface area (Å²) in [7, 11) is 1.63. The van der Waals surface area contributed by atoms with E-state index in [9.17, 15) is 14.6 Å². The Bertz CT molecular complexity index is 292. The third-order valence-corrected chi connectivity index (χ3v) is 3.98. The number of aliphatic hydroxyl groups excluding tert-OH is 2. The van der Waals surface area contributed by atoms with Gasteiger partial charge in [-0.05, 0) is 0 Å². The molecule has 0 amide bonds. The molecule has 2 fully saturated rings. The van der Waals surface area contributed by atoms with Crippen molar-refractivity contribution in [1.29, 1.82) is 0 Å². The van der Waals surface area contributed by atoms with E-state index in [1.807, 2.05) is 0 Å². The molecule has 0 radical (unpaired) electrons. The molecule has 2 aliphatic heterocycles. The van der Waals surface area contributed by atoms with Gasteiger partial charge in [-0.25, -0.2) is 0 Å². The summed E-state index contributed by atoms with van der Waals surface area (Å²) in [5.74, 6) is 0. The number of hydrogen-bond acceptors (Lipinski definition) is 5. The minimum absolute atomic E-state index is 0.0978. The molecular weight excluding hydrogens is 235 g/mol. The SMILES string of the molecule is CN=C1N[C@@H]2[C@@H](O)[C@H](O)[C@H](CCF)O[C@@H]2S1. The molecule has 0 aromatic rings. The monoisotopic (exact) mass is 250 g/mol. The van der Waals surface area contributed by atoms with Gasteiger partial charge in [-0.15, -0.1) is 0 Å². The second-order valence-corrected chi connectivity index (χ2v) is 4.91. The Kier molecular flexibility index (Phi) is 3.68. The van der Waals surface area contributed by atoms with Crippen LogP contribution >= 0.6 is 11.8 Å². The number of rotatable bonds is 2. The van der Waals surface area contributed by atoms with Crippen molar-refractivity contribution in [2.24, 2.45) is 4.99 Å². The molecule has 3 N–H and O–H groups in total. The Labute approximate surface area is 97.1 Å². The van der Waals surface area contributed by atoms with Crippen LogP contribution in [0.5, 0.6) is 0 Å². The fourth-order valence-corrected chi connectivity index (χ4v) is 3.04. The van der Waals surface area contributed by atoms with E-state index in [0.29, 0.717) is 5.17 Å². The molecule has 5 atom stereocenters. The summed E-state index contributed by atoms with van der Waals surface area (Å²) in [6.07, 6.45) is -2.56. The number of nitrogens with one attached hydrogen (secondary N) is 1. The number of alkyl halides is 1. The first kappa shape index (κ1) is 12.1. The van der Waals surface area contributed by atoms with E-state index in [2.05, 4.69) is 10.3 Å². The van der Waals surface area contributed by atoms with Crippen molar-refractivity contribution < 1.29 is 19.3 Å². The van der Waals surface area contributed by atoms with Gasteiger partial charge in [0.25, 0.3) is 0 Å². The van der Waals surface area contributed by atoms with Gasteiger partial charge in [-0.3, -0.25) is 9.38 Å². The van der Waals surface area contributed by atoms with Crippen LogP contribution in [0.25, 0.3) is 0 Å². The largest absolute Gasteiger partial charge is 0.388 e. The fraction of sp³-hybridized carbons (Fsp3) is 0.889. The molecule has 0 saturated carbocycles. The van der Waals surface area contributed by atoms with Crippen LogP contribution in [0.15, 0.2) is 4.99 Å². The maximum absolute atomic E-state index is 12.2. The number of halogens is 1. The zero-order chi connectivity index (χ0) is 11.7. The van der Waals surface area contributed by atoms with E-state index in [0.717, 1.165) is 0 Å². The Morgan fingerprint density at radius 3 is 2.88 bits per heavy atom. The van der Waals surface area contributed by atoms with Crippen LogP contribution in [-0.2, 0) is 4.74 Å². The van der Waals surface area contributed by atoms with Gasteiger partial charge < -0.3 is 20.3 Å². The highest BCUT2D eigenvalue weighted by molar-refractivity contribution is 8.14. The summed E-state index contributed by atoms with van der Waals surface area (Å²) in [6.45, 7) is -0.571. The average molecular weight is 250 g/mol. The van der Waals surface area contributed by atoms with Crippen molar-refractivity contribution in [1.82, 2.24) is 5.32 Å². The topological polar surface area (TPSA) is 74.1 Å². The Morgan fingerprint density at radius 1 is 1.50 bits per heavy atom. The molecule has 2 aliphatic rings. The number of nitrogens with zero attached hydrogens (tertiary/aromatic N) is 1. The highest BCUT2D eigenvalue weighted by Crippen LogP contribution is 2.34. The molecule has 0 unspecified atom stereocenters. The highest BCUT2D eigenvalue weighted by atomic mass is 32.2. The molecule has 2 saturated heterocycles. The van der Waals surface area contributed by atoms with Crippen molar-refractivity contribution in [3.8, 4) is 0 Å². The van der Waals surface area contributed by atoms with Crippen molar-refractivity contribution in [3.05, 3.63) is 0 Å². The standard InChI is InChI=1S/C9H15FN2O3S/c1-11-9-12-5-7(14)6(13)4(2-3-10)15-8(5)16-9/h4-8,13-14H,2-3H2,1H3,(H,11,12)/t4-,5+,6+,7+,8+/m0/s1. The van der Waals surface area contributed by atoms with Crippen LogP contribution in [0.1, 0.15) is 6.42 Å². The molecule has 0 aromatic carbocycles. The van der Waals surface area contributed by atoms with E-state index in [1.54, 1.807) is 7.05 Å². The number of hydrogen-bond donors (Lipinski definition) is 3. The Morgan fingerprint density at radius 2 is 2.25 bits per heavy atom. The lowest BCUT2D eigenvalue weighted by Gasteiger charge is -2.38. The smallest absolute Gasteiger partial charge is 0.159 e. The highest BCUT2D eigenvalue weighted by Gasteiger charge is 2.48. The van der Waals surface area contributed by atoms with Gasteiger partial charge in [-0.1, -0.05) is 11.8 Å². The second-order valence-electron chi connectivity index (χ2n) is 3.82. The Hall–Kier alpha value is -0.370. The van der Waals surface area contributed by atoms with Crippen LogP contribution in [0.4, 0.5) is 4.39 Å².